The quantitative estimate of drug-likeness (QED) is 0.274. The van der Waals surface area contributed by atoms with E-state index < -0.39 is 0 Å². The number of nitrogens with one attached hydrogen (secondary N) is 2. The van der Waals surface area contributed by atoms with Crippen molar-refractivity contribution in [2.75, 3.05) is 31.8 Å². The van der Waals surface area contributed by atoms with Crippen LogP contribution in [0.5, 0.6) is 11.5 Å². The molecule has 8 heteroatoms. The van der Waals surface area contributed by atoms with Crippen molar-refractivity contribution in [3.63, 3.8) is 0 Å². The molecule has 37 heavy (non-hydrogen) atoms. The second kappa shape index (κ2) is 11.9. The molecule has 0 aliphatic rings. The molecule has 192 valence electrons. The molecular weight excluding hydrogens is 486 g/mol. The highest BCUT2D eigenvalue weighted by atomic mass is 32.2. The molecule has 0 aliphatic carbocycles. The molecule has 7 nitrogen and oxygen atoms in total. The molecule has 1 heterocycles. The highest BCUT2D eigenvalue weighted by molar-refractivity contribution is 8.00. The molecular formula is C29H31N3O4S. The topological polar surface area (TPSA) is 81.6 Å². The lowest BCUT2D eigenvalue weighted by Gasteiger charge is -2.10. The molecule has 4 aromatic rings. The van der Waals surface area contributed by atoms with Crippen LogP contribution in [0.25, 0.3) is 10.9 Å². The van der Waals surface area contributed by atoms with Gasteiger partial charge in [-0.2, -0.15) is 0 Å². The second-order valence-electron chi connectivity index (χ2n) is 8.74. The van der Waals surface area contributed by atoms with Crippen molar-refractivity contribution in [3.8, 4) is 11.5 Å². The van der Waals surface area contributed by atoms with Crippen LogP contribution in [0.1, 0.15) is 21.5 Å². The maximum atomic E-state index is 12.7. The molecule has 0 unspecified atom stereocenters. The van der Waals surface area contributed by atoms with Crippen molar-refractivity contribution in [2.45, 2.75) is 25.3 Å². The molecule has 0 saturated carbocycles. The second-order valence-corrected chi connectivity index (χ2v) is 9.76. The Kier molecular flexibility index (Phi) is 8.40. The Balaban J connectivity index is 1.38. The number of anilines is 1. The standard InChI is InChI=1S/C29H31N3O4S/c1-19-13-20(2)15-22(14-19)31-28(33)18-37-27-17-32(24-8-6-5-7-23(24)27)12-11-30-29(34)21-9-10-25(35-3)26(16-21)36-4/h5-10,13-17H,11-12,18H2,1-4H3,(H,30,34)(H,31,33). The molecule has 4 rings (SSSR count). The SMILES string of the molecule is COc1ccc(C(=O)NCCn2cc(SCC(=O)Nc3cc(C)cc(C)c3)c3ccccc32)cc1OC. The van der Waals surface area contributed by atoms with Crippen molar-refractivity contribution >= 4 is 40.2 Å². The smallest absolute Gasteiger partial charge is 0.251 e. The zero-order valence-electron chi connectivity index (χ0n) is 21.5. The Morgan fingerprint density at radius 2 is 1.65 bits per heavy atom. The largest absolute Gasteiger partial charge is 0.493 e. The number of hydrogen-bond acceptors (Lipinski definition) is 5. The minimum absolute atomic E-state index is 0.0472. The van der Waals surface area contributed by atoms with E-state index in [1.54, 1.807) is 32.4 Å². The summed E-state index contributed by atoms with van der Waals surface area (Å²) in [6, 6.07) is 19.2. The number of carbonyl (C=O) groups excluding carboxylic acids is 2. The lowest BCUT2D eigenvalue weighted by molar-refractivity contribution is -0.113. The van der Waals surface area contributed by atoms with Crippen LogP contribution in [-0.2, 0) is 11.3 Å². The number of carbonyl (C=O) groups is 2. The van der Waals surface area contributed by atoms with E-state index in [4.69, 9.17) is 9.47 Å². The van der Waals surface area contributed by atoms with Gasteiger partial charge in [0.15, 0.2) is 11.5 Å². The van der Waals surface area contributed by atoms with Crippen LogP contribution < -0.4 is 20.1 Å². The number of hydrogen-bond donors (Lipinski definition) is 2. The maximum absolute atomic E-state index is 12.7. The Hall–Kier alpha value is -3.91. The number of benzene rings is 3. The van der Waals surface area contributed by atoms with Gasteiger partial charge in [0.05, 0.1) is 20.0 Å². The summed E-state index contributed by atoms with van der Waals surface area (Å²) in [5.74, 6) is 1.15. The fourth-order valence-electron chi connectivity index (χ4n) is 4.27. The number of rotatable bonds is 10. The average molecular weight is 518 g/mol. The van der Waals surface area contributed by atoms with E-state index in [0.29, 0.717) is 35.9 Å². The molecule has 0 saturated heterocycles. The zero-order chi connectivity index (χ0) is 26.4. The van der Waals surface area contributed by atoms with Gasteiger partial charge in [-0.1, -0.05) is 24.3 Å². The first-order chi connectivity index (χ1) is 17.9. The van der Waals surface area contributed by atoms with Gasteiger partial charge in [0.25, 0.3) is 5.91 Å². The van der Waals surface area contributed by atoms with Crippen LogP contribution in [0.15, 0.2) is 71.8 Å². The van der Waals surface area contributed by atoms with Crippen molar-refractivity contribution in [1.82, 2.24) is 9.88 Å². The normalized spacial score (nSPS) is 10.8. The Bertz CT molecular complexity index is 1410. The summed E-state index contributed by atoms with van der Waals surface area (Å²) in [5, 5.41) is 7.05. The van der Waals surface area contributed by atoms with Crippen molar-refractivity contribution < 1.29 is 19.1 Å². The fourth-order valence-corrected chi connectivity index (χ4v) is 5.16. The molecule has 2 amide bonds. The van der Waals surface area contributed by atoms with Gasteiger partial charge in [-0.3, -0.25) is 9.59 Å². The Labute approximate surface area is 221 Å². The number of thioether (sulfide) groups is 1. The summed E-state index contributed by atoms with van der Waals surface area (Å²) >= 11 is 1.50. The van der Waals surface area contributed by atoms with Gasteiger partial charge >= 0.3 is 0 Å². The first-order valence-electron chi connectivity index (χ1n) is 12.0. The van der Waals surface area contributed by atoms with E-state index in [1.165, 1.54) is 11.8 Å². The Morgan fingerprint density at radius 1 is 0.919 bits per heavy atom. The number of aryl methyl sites for hydroxylation is 2. The minimum atomic E-state index is -0.185. The van der Waals surface area contributed by atoms with Crippen LogP contribution in [0.2, 0.25) is 0 Å². The molecule has 2 N–H and O–H groups in total. The van der Waals surface area contributed by atoms with Gasteiger partial charge in [0.2, 0.25) is 5.91 Å². The number of aromatic nitrogens is 1. The van der Waals surface area contributed by atoms with Crippen molar-refractivity contribution in [3.05, 3.63) is 83.6 Å². The average Bonchev–Trinajstić information content (AvgIpc) is 3.24. The highest BCUT2D eigenvalue weighted by Crippen LogP contribution is 2.30. The number of para-hydroxylation sites is 1. The lowest BCUT2D eigenvalue weighted by atomic mass is 10.1. The first kappa shape index (κ1) is 26.2. The third-order valence-electron chi connectivity index (χ3n) is 5.90. The van der Waals surface area contributed by atoms with E-state index in [-0.39, 0.29) is 11.8 Å². The first-order valence-corrected chi connectivity index (χ1v) is 13.0. The van der Waals surface area contributed by atoms with Gasteiger partial charge in [0, 0.05) is 46.3 Å². The lowest BCUT2D eigenvalue weighted by Crippen LogP contribution is -2.27. The molecule has 3 aromatic carbocycles. The van der Waals surface area contributed by atoms with Gasteiger partial charge in [0.1, 0.15) is 0 Å². The monoisotopic (exact) mass is 517 g/mol. The minimum Gasteiger partial charge on any atom is -0.493 e. The van der Waals surface area contributed by atoms with Gasteiger partial charge in [-0.05, 0) is 61.4 Å². The predicted molar refractivity (Wildman–Crippen MR) is 149 cm³/mol. The summed E-state index contributed by atoms with van der Waals surface area (Å²) in [6.45, 7) is 5.07. The Morgan fingerprint density at radius 3 is 2.38 bits per heavy atom. The number of amides is 2. The summed E-state index contributed by atoms with van der Waals surface area (Å²) in [5.41, 5.74) is 4.60. The molecule has 0 fully saturated rings. The van der Waals surface area contributed by atoms with E-state index in [9.17, 15) is 9.59 Å². The van der Waals surface area contributed by atoms with E-state index in [0.717, 1.165) is 32.6 Å². The third kappa shape index (κ3) is 6.46. The number of fused-ring (bicyclic) bond motifs is 1. The summed E-state index contributed by atoms with van der Waals surface area (Å²) in [4.78, 5) is 26.3. The van der Waals surface area contributed by atoms with Crippen molar-refractivity contribution in [2.24, 2.45) is 0 Å². The van der Waals surface area contributed by atoms with Crippen LogP contribution >= 0.6 is 11.8 Å². The predicted octanol–water partition coefficient (Wildman–Crippen LogP) is 5.44. The number of ether oxygens (including phenoxy) is 2. The van der Waals surface area contributed by atoms with Crippen LogP contribution in [0.3, 0.4) is 0 Å². The van der Waals surface area contributed by atoms with Crippen LogP contribution in [0, 0.1) is 13.8 Å². The molecule has 0 atom stereocenters. The van der Waals surface area contributed by atoms with Crippen LogP contribution in [-0.4, -0.2) is 42.9 Å². The summed E-state index contributed by atoms with van der Waals surface area (Å²) in [7, 11) is 3.10. The summed E-state index contributed by atoms with van der Waals surface area (Å²) in [6.07, 6.45) is 2.04. The molecule has 0 radical (unpaired) electrons. The van der Waals surface area contributed by atoms with E-state index in [1.807, 2.05) is 50.4 Å². The molecule has 1 aromatic heterocycles. The zero-order valence-corrected chi connectivity index (χ0v) is 22.3. The molecule has 0 bridgehead atoms. The van der Waals surface area contributed by atoms with Crippen LogP contribution in [0.4, 0.5) is 5.69 Å². The highest BCUT2D eigenvalue weighted by Gasteiger charge is 2.13. The number of nitrogens with zero attached hydrogens (tertiary/aromatic N) is 1. The maximum Gasteiger partial charge on any atom is 0.251 e. The molecule has 0 spiro atoms. The van der Waals surface area contributed by atoms with Crippen molar-refractivity contribution in [1.29, 1.82) is 0 Å². The fraction of sp³-hybridized carbons (Fsp3) is 0.241. The van der Waals surface area contributed by atoms with E-state index in [2.05, 4.69) is 27.3 Å². The van der Waals surface area contributed by atoms with Gasteiger partial charge in [-0.15, -0.1) is 11.8 Å². The summed E-state index contributed by atoms with van der Waals surface area (Å²) < 4.78 is 12.6. The number of methoxy groups -OCH3 is 2. The molecule has 0 aliphatic heterocycles. The van der Waals surface area contributed by atoms with Gasteiger partial charge in [-0.25, -0.2) is 0 Å². The van der Waals surface area contributed by atoms with E-state index >= 15 is 0 Å². The third-order valence-corrected chi connectivity index (χ3v) is 6.94. The van der Waals surface area contributed by atoms with Gasteiger partial charge < -0.3 is 24.7 Å².